The van der Waals surface area contributed by atoms with Gasteiger partial charge in [-0.1, -0.05) is 24.6 Å². The summed E-state index contributed by atoms with van der Waals surface area (Å²) in [5.74, 6) is 0.910. The summed E-state index contributed by atoms with van der Waals surface area (Å²) >= 11 is 0. The van der Waals surface area contributed by atoms with E-state index in [4.69, 9.17) is 4.74 Å². The van der Waals surface area contributed by atoms with Crippen LogP contribution in [0.1, 0.15) is 42.4 Å². The van der Waals surface area contributed by atoms with Gasteiger partial charge >= 0.3 is 0 Å². The van der Waals surface area contributed by atoms with Gasteiger partial charge in [0.15, 0.2) is 0 Å². The summed E-state index contributed by atoms with van der Waals surface area (Å²) < 4.78 is 7.62. The molecule has 21 heavy (non-hydrogen) atoms. The van der Waals surface area contributed by atoms with Crippen molar-refractivity contribution in [1.29, 1.82) is 0 Å². The van der Waals surface area contributed by atoms with Crippen LogP contribution < -0.4 is 10.1 Å². The second-order valence-corrected chi connectivity index (χ2v) is 5.26. The van der Waals surface area contributed by atoms with E-state index in [2.05, 4.69) is 54.1 Å². The maximum atomic E-state index is 5.56. The van der Waals surface area contributed by atoms with E-state index in [0.29, 0.717) is 0 Å². The lowest BCUT2D eigenvalue weighted by atomic mass is 9.99. The summed E-state index contributed by atoms with van der Waals surface area (Å²) in [6, 6.07) is 8.54. The van der Waals surface area contributed by atoms with Crippen LogP contribution in [0.15, 0.2) is 24.3 Å². The van der Waals surface area contributed by atoms with Crippen molar-refractivity contribution in [3.63, 3.8) is 0 Å². The average Bonchev–Trinajstić information content (AvgIpc) is 2.85. The fraction of sp³-hybridized carbons (Fsp3) is 0.471. The lowest BCUT2D eigenvalue weighted by Gasteiger charge is -2.22. The molecule has 0 saturated carbocycles. The van der Waals surface area contributed by atoms with Gasteiger partial charge in [-0.25, -0.2) is 0 Å². The number of aromatic nitrogens is 2. The zero-order valence-electron chi connectivity index (χ0n) is 13.6. The van der Waals surface area contributed by atoms with Crippen LogP contribution in [0.25, 0.3) is 0 Å². The van der Waals surface area contributed by atoms with E-state index in [1.165, 1.54) is 11.3 Å². The van der Waals surface area contributed by atoms with Gasteiger partial charge in [0.2, 0.25) is 0 Å². The quantitative estimate of drug-likeness (QED) is 0.886. The SMILES string of the molecule is CCNC(c1cc(C)ccc1OC)c1cc(C)nn1CC. The summed E-state index contributed by atoms with van der Waals surface area (Å²) in [5.41, 5.74) is 4.61. The van der Waals surface area contributed by atoms with Gasteiger partial charge in [0.25, 0.3) is 0 Å². The van der Waals surface area contributed by atoms with Gasteiger partial charge < -0.3 is 10.1 Å². The molecule has 0 aliphatic heterocycles. The molecule has 0 saturated heterocycles. The van der Waals surface area contributed by atoms with E-state index in [-0.39, 0.29) is 6.04 Å². The van der Waals surface area contributed by atoms with E-state index < -0.39 is 0 Å². The van der Waals surface area contributed by atoms with Gasteiger partial charge in [0.05, 0.1) is 24.5 Å². The van der Waals surface area contributed by atoms with Crippen LogP contribution in [0.3, 0.4) is 0 Å². The van der Waals surface area contributed by atoms with Gasteiger partial charge in [-0.05, 0) is 39.4 Å². The molecular weight excluding hydrogens is 262 g/mol. The van der Waals surface area contributed by atoms with Crippen molar-refractivity contribution in [2.75, 3.05) is 13.7 Å². The first-order chi connectivity index (χ1) is 10.1. The Morgan fingerprint density at radius 2 is 2.00 bits per heavy atom. The molecule has 0 amide bonds. The highest BCUT2D eigenvalue weighted by molar-refractivity contribution is 5.42. The molecule has 1 unspecified atom stereocenters. The largest absolute Gasteiger partial charge is 0.496 e. The van der Waals surface area contributed by atoms with E-state index in [1.54, 1.807) is 7.11 Å². The van der Waals surface area contributed by atoms with Crippen LogP contribution in [0.4, 0.5) is 0 Å². The summed E-state index contributed by atoms with van der Waals surface area (Å²) in [6.07, 6.45) is 0. The smallest absolute Gasteiger partial charge is 0.124 e. The fourth-order valence-corrected chi connectivity index (χ4v) is 2.71. The number of methoxy groups -OCH3 is 1. The molecule has 4 nitrogen and oxygen atoms in total. The molecule has 1 N–H and O–H groups in total. The number of nitrogens with zero attached hydrogens (tertiary/aromatic N) is 2. The van der Waals surface area contributed by atoms with Gasteiger partial charge in [0, 0.05) is 12.1 Å². The maximum Gasteiger partial charge on any atom is 0.124 e. The van der Waals surface area contributed by atoms with Crippen LogP contribution in [0, 0.1) is 13.8 Å². The van der Waals surface area contributed by atoms with Crippen molar-refractivity contribution in [3.8, 4) is 5.75 Å². The second-order valence-electron chi connectivity index (χ2n) is 5.26. The van der Waals surface area contributed by atoms with E-state index in [9.17, 15) is 0 Å². The standard InChI is InChI=1S/C17H25N3O/c1-6-18-17(15-11-13(4)19-20(15)7-2)14-10-12(3)8-9-16(14)21-5/h8-11,17-18H,6-7H2,1-5H3. The second kappa shape index (κ2) is 6.76. The number of ether oxygens (including phenoxy) is 1. The van der Waals surface area contributed by atoms with Gasteiger partial charge in [0.1, 0.15) is 5.75 Å². The predicted octanol–water partition coefficient (Wildman–Crippen LogP) is 3.23. The van der Waals surface area contributed by atoms with Crippen LogP contribution >= 0.6 is 0 Å². The molecule has 2 rings (SSSR count). The van der Waals surface area contributed by atoms with Crippen molar-refractivity contribution in [2.45, 2.75) is 40.3 Å². The molecule has 114 valence electrons. The van der Waals surface area contributed by atoms with E-state index >= 15 is 0 Å². The Labute approximate surface area is 127 Å². The van der Waals surface area contributed by atoms with E-state index in [1.807, 2.05) is 13.0 Å². The summed E-state index contributed by atoms with van der Waals surface area (Å²) in [6.45, 7) is 10.1. The highest BCUT2D eigenvalue weighted by Crippen LogP contribution is 2.31. The third-order valence-electron chi connectivity index (χ3n) is 3.63. The molecule has 4 heteroatoms. The third kappa shape index (κ3) is 3.27. The molecule has 1 atom stereocenters. The van der Waals surface area contributed by atoms with Crippen LogP contribution in [-0.2, 0) is 6.54 Å². The lowest BCUT2D eigenvalue weighted by Crippen LogP contribution is -2.25. The summed E-state index contributed by atoms with van der Waals surface area (Å²) in [5, 5.41) is 8.14. The Morgan fingerprint density at radius 3 is 2.62 bits per heavy atom. The minimum atomic E-state index is 0.0889. The monoisotopic (exact) mass is 287 g/mol. The highest BCUT2D eigenvalue weighted by atomic mass is 16.5. The molecule has 0 spiro atoms. The Bertz CT molecular complexity index is 604. The highest BCUT2D eigenvalue weighted by Gasteiger charge is 2.21. The van der Waals surface area contributed by atoms with Crippen LogP contribution in [0.2, 0.25) is 0 Å². The Balaban J connectivity index is 2.55. The first-order valence-electron chi connectivity index (χ1n) is 7.52. The van der Waals surface area contributed by atoms with Crippen molar-refractivity contribution in [3.05, 3.63) is 46.8 Å². The number of rotatable bonds is 6. The molecule has 1 aromatic heterocycles. The Hall–Kier alpha value is -1.81. The van der Waals surface area contributed by atoms with Crippen molar-refractivity contribution >= 4 is 0 Å². The molecule has 2 aromatic rings. The molecule has 0 fully saturated rings. The molecular formula is C17H25N3O. The van der Waals surface area contributed by atoms with Crippen LogP contribution in [-0.4, -0.2) is 23.4 Å². The zero-order chi connectivity index (χ0) is 15.4. The topological polar surface area (TPSA) is 39.1 Å². The number of hydrogen-bond donors (Lipinski definition) is 1. The fourth-order valence-electron chi connectivity index (χ4n) is 2.71. The molecule has 1 heterocycles. The molecule has 0 radical (unpaired) electrons. The first kappa shape index (κ1) is 15.6. The van der Waals surface area contributed by atoms with Crippen molar-refractivity contribution in [1.82, 2.24) is 15.1 Å². The summed E-state index contributed by atoms with van der Waals surface area (Å²) in [7, 11) is 1.72. The molecule has 0 aliphatic rings. The minimum Gasteiger partial charge on any atom is -0.496 e. The first-order valence-corrected chi connectivity index (χ1v) is 7.52. The Kier molecular flexibility index (Phi) is 5.02. The number of hydrogen-bond acceptors (Lipinski definition) is 3. The summed E-state index contributed by atoms with van der Waals surface area (Å²) in [4.78, 5) is 0. The average molecular weight is 287 g/mol. The molecule has 0 bridgehead atoms. The third-order valence-corrected chi connectivity index (χ3v) is 3.63. The Morgan fingerprint density at radius 1 is 1.24 bits per heavy atom. The van der Waals surface area contributed by atoms with Crippen molar-refractivity contribution < 1.29 is 4.74 Å². The number of aryl methyl sites for hydroxylation is 3. The van der Waals surface area contributed by atoms with Gasteiger partial charge in [-0.2, -0.15) is 5.10 Å². The van der Waals surface area contributed by atoms with Crippen molar-refractivity contribution in [2.24, 2.45) is 0 Å². The lowest BCUT2D eigenvalue weighted by molar-refractivity contribution is 0.402. The normalized spacial score (nSPS) is 12.4. The number of benzene rings is 1. The zero-order valence-corrected chi connectivity index (χ0v) is 13.6. The van der Waals surface area contributed by atoms with Crippen LogP contribution in [0.5, 0.6) is 5.75 Å². The van der Waals surface area contributed by atoms with Gasteiger partial charge in [-0.15, -0.1) is 0 Å². The van der Waals surface area contributed by atoms with Gasteiger partial charge in [-0.3, -0.25) is 4.68 Å². The maximum absolute atomic E-state index is 5.56. The minimum absolute atomic E-state index is 0.0889. The predicted molar refractivity (Wildman–Crippen MR) is 85.9 cm³/mol. The molecule has 0 aliphatic carbocycles. The number of nitrogens with one attached hydrogen (secondary N) is 1. The van der Waals surface area contributed by atoms with E-state index in [0.717, 1.165) is 30.1 Å². The molecule has 1 aromatic carbocycles.